The fraction of sp³-hybridized carbons (Fsp3) is 0.429. The first-order chi connectivity index (χ1) is 9.93. The molecule has 7 nitrogen and oxygen atoms in total. The minimum Gasteiger partial charge on any atom is -0.481 e. The van der Waals surface area contributed by atoms with Gasteiger partial charge in [-0.2, -0.15) is 5.26 Å². The first-order valence-electron chi connectivity index (χ1n) is 6.55. The van der Waals surface area contributed by atoms with E-state index in [-0.39, 0.29) is 24.9 Å². The minimum absolute atomic E-state index is 0.0300. The van der Waals surface area contributed by atoms with Crippen molar-refractivity contribution in [1.82, 2.24) is 9.88 Å². The highest BCUT2D eigenvalue weighted by molar-refractivity contribution is 5.89. The van der Waals surface area contributed by atoms with E-state index in [0.717, 1.165) is 0 Å². The maximum Gasteiger partial charge on any atom is 0.322 e. The van der Waals surface area contributed by atoms with Crippen molar-refractivity contribution < 1.29 is 14.7 Å². The molecule has 0 atom stereocenters. The molecule has 1 aromatic heterocycles. The van der Waals surface area contributed by atoms with Gasteiger partial charge in [-0.25, -0.2) is 4.79 Å². The summed E-state index contributed by atoms with van der Waals surface area (Å²) in [4.78, 5) is 28.2. The van der Waals surface area contributed by atoms with E-state index in [4.69, 9.17) is 10.4 Å². The predicted octanol–water partition coefficient (Wildman–Crippen LogP) is 1.86. The summed E-state index contributed by atoms with van der Waals surface area (Å²) < 4.78 is 0. The number of urea groups is 1. The third-order valence-corrected chi connectivity index (χ3v) is 2.76. The molecule has 0 saturated carbocycles. The molecule has 0 bridgehead atoms. The van der Waals surface area contributed by atoms with Gasteiger partial charge in [0.2, 0.25) is 0 Å². The Morgan fingerprint density at radius 2 is 2.19 bits per heavy atom. The molecule has 2 N–H and O–H groups in total. The molecule has 1 rings (SSSR count). The van der Waals surface area contributed by atoms with Gasteiger partial charge in [0.25, 0.3) is 0 Å². The number of carboxylic acid groups (broad SMARTS) is 1. The van der Waals surface area contributed by atoms with Crippen LogP contribution in [0.5, 0.6) is 0 Å². The summed E-state index contributed by atoms with van der Waals surface area (Å²) in [6, 6.07) is 4.82. The van der Waals surface area contributed by atoms with Gasteiger partial charge in [-0.1, -0.05) is 0 Å². The molecule has 21 heavy (non-hydrogen) atoms. The predicted molar refractivity (Wildman–Crippen MR) is 76.7 cm³/mol. The number of carbonyl (C=O) groups excluding carboxylic acids is 1. The third kappa shape index (κ3) is 5.48. The topological polar surface area (TPSA) is 106 Å². The van der Waals surface area contributed by atoms with Crippen molar-refractivity contribution >= 4 is 17.7 Å². The van der Waals surface area contributed by atoms with E-state index in [9.17, 15) is 9.59 Å². The second kappa shape index (κ2) is 7.85. The molecular formula is C14H18N4O3. The van der Waals surface area contributed by atoms with Crippen LogP contribution >= 0.6 is 0 Å². The maximum absolute atomic E-state index is 12.1. The average Bonchev–Trinajstić information content (AvgIpc) is 2.40. The Balaban J connectivity index is 2.68. The number of hydrogen-bond donors (Lipinski definition) is 2. The van der Waals surface area contributed by atoms with Crippen LogP contribution in [0.3, 0.4) is 0 Å². The highest BCUT2D eigenvalue weighted by atomic mass is 16.4. The summed E-state index contributed by atoms with van der Waals surface area (Å²) in [7, 11) is 0. The zero-order chi connectivity index (χ0) is 15.8. The van der Waals surface area contributed by atoms with E-state index >= 15 is 0 Å². The molecule has 0 radical (unpaired) electrons. The fourth-order valence-electron chi connectivity index (χ4n) is 1.72. The van der Waals surface area contributed by atoms with E-state index in [1.165, 1.54) is 6.20 Å². The minimum atomic E-state index is -0.957. The van der Waals surface area contributed by atoms with Crippen molar-refractivity contribution in [3.8, 4) is 6.07 Å². The van der Waals surface area contributed by atoms with E-state index in [1.807, 2.05) is 19.9 Å². The van der Waals surface area contributed by atoms with E-state index < -0.39 is 5.97 Å². The molecular weight excluding hydrogens is 272 g/mol. The van der Waals surface area contributed by atoms with Crippen molar-refractivity contribution in [1.29, 1.82) is 5.26 Å². The molecule has 0 fully saturated rings. The Labute approximate surface area is 123 Å². The number of carboxylic acids is 1. The molecule has 1 aromatic rings. The fourth-order valence-corrected chi connectivity index (χ4v) is 1.72. The molecule has 2 amide bonds. The van der Waals surface area contributed by atoms with Gasteiger partial charge in [-0.15, -0.1) is 0 Å². The van der Waals surface area contributed by atoms with Crippen molar-refractivity contribution in [2.45, 2.75) is 32.7 Å². The Morgan fingerprint density at radius 3 is 2.67 bits per heavy atom. The number of aromatic nitrogens is 1. The van der Waals surface area contributed by atoms with Crippen molar-refractivity contribution in [2.75, 3.05) is 11.9 Å². The van der Waals surface area contributed by atoms with Crippen LogP contribution in [0.4, 0.5) is 10.5 Å². The average molecular weight is 290 g/mol. The van der Waals surface area contributed by atoms with Crippen LogP contribution in [0.2, 0.25) is 0 Å². The van der Waals surface area contributed by atoms with Gasteiger partial charge in [0, 0.05) is 12.6 Å². The van der Waals surface area contributed by atoms with Gasteiger partial charge in [-0.05, 0) is 26.0 Å². The summed E-state index contributed by atoms with van der Waals surface area (Å²) in [6.45, 7) is 4.08. The van der Waals surface area contributed by atoms with Gasteiger partial charge in [-0.3, -0.25) is 9.78 Å². The lowest BCUT2D eigenvalue weighted by molar-refractivity contribution is -0.136. The number of hydrogen-bond acceptors (Lipinski definition) is 4. The van der Waals surface area contributed by atoms with Crippen molar-refractivity contribution in [3.05, 3.63) is 24.0 Å². The molecule has 0 aliphatic carbocycles. The summed E-state index contributed by atoms with van der Waals surface area (Å²) >= 11 is 0. The summed E-state index contributed by atoms with van der Waals surface area (Å²) in [5.41, 5.74) is 0.905. The number of nitriles is 1. The normalized spacial score (nSPS) is 10.0. The summed E-state index contributed by atoms with van der Waals surface area (Å²) in [5, 5.41) is 19.9. The molecule has 0 aliphatic rings. The van der Waals surface area contributed by atoms with Crippen LogP contribution in [0, 0.1) is 11.3 Å². The van der Waals surface area contributed by atoms with Gasteiger partial charge in [0.05, 0.1) is 36.5 Å². The van der Waals surface area contributed by atoms with E-state index in [0.29, 0.717) is 17.9 Å². The third-order valence-electron chi connectivity index (χ3n) is 2.76. The zero-order valence-electron chi connectivity index (χ0n) is 12.0. The Hall–Kier alpha value is -2.62. The second-order valence-electron chi connectivity index (χ2n) is 4.73. The molecule has 0 aromatic carbocycles. The number of pyridine rings is 1. The maximum atomic E-state index is 12.1. The van der Waals surface area contributed by atoms with Crippen molar-refractivity contribution in [3.63, 3.8) is 0 Å². The summed E-state index contributed by atoms with van der Waals surface area (Å²) in [5.74, 6) is -0.957. The monoisotopic (exact) mass is 290 g/mol. The lowest BCUT2D eigenvalue weighted by Gasteiger charge is -2.25. The Morgan fingerprint density at radius 1 is 1.48 bits per heavy atom. The molecule has 0 unspecified atom stereocenters. The number of nitrogens with one attached hydrogen (secondary N) is 1. The van der Waals surface area contributed by atoms with Crippen LogP contribution in [0.25, 0.3) is 0 Å². The van der Waals surface area contributed by atoms with Gasteiger partial charge >= 0.3 is 12.0 Å². The zero-order valence-corrected chi connectivity index (χ0v) is 12.0. The van der Waals surface area contributed by atoms with Crippen LogP contribution in [0.15, 0.2) is 18.3 Å². The summed E-state index contributed by atoms with van der Waals surface area (Å²) in [6.07, 6.45) is 1.52. The van der Waals surface area contributed by atoms with Crippen LogP contribution < -0.4 is 5.32 Å². The van der Waals surface area contributed by atoms with E-state index in [1.54, 1.807) is 17.0 Å². The highest BCUT2D eigenvalue weighted by Crippen LogP contribution is 2.10. The number of nitrogens with zero attached hydrogens (tertiary/aromatic N) is 3. The first kappa shape index (κ1) is 16.4. The molecule has 0 aliphatic heterocycles. The smallest absolute Gasteiger partial charge is 0.322 e. The first-order valence-corrected chi connectivity index (χ1v) is 6.55. The highest BCUT2D eigenvalue weighted by Gasteiger charge is 2.16. The van der Waals surface area contributed by atoms with Crippen LogP contribution in [-0.4, -0.2) is 39.6 Å². The van der Waals surface area contributed by atoms with Crippen LogP contribution in [0.1, 0.15) is 26.0 Å². The lowest BCUT2D eigenvalue weighted by atomic mass is 10.2. The molecule has 1 heterocycles. The molecule has 7 heteroatoms. The number of rotatable bonds is 6. The number of anilines is 1. The molecule has 0 saturated heterocycles. The standard InChI is InChI=1S/C14H18N4O3/c1-10(2)18(7-3-6-15)14(21)17-12-5-4-11(16-9-12)8-13(19)20/h4-5,9-10H,3,7-8H2,1-2H3,(H,17,21)(H,19,20). The molecule has 112 valence electrons. The Bertz CT molecular complexity index is 534. The number of carbonyl (C=O) groups is 2. The Kier molecular flexibility index (Phi) is 6.14. The lowest BCUT2D eigenvalue weighted by Crippen LogP contribution is -2.40. The second-order valence-corrected chi connectivity index (χ2v) is 4.73. The van der Waals surface area contributed by atoms with E-state index in [2.05, 4.69) is 10.3 Å². The van der Waals surface area contributed by atoms with Gasteiger partial charge in [0.1, 0.15) is 0 Å². The quantitative estimate of drug-likeness (QED) is 0.831. The van der Waals surface area contributed by atoms with Crippen LogP contribution in [-0.2, 0) is 11.2 Å². The molecule has 0 spiro atoms. The largest absolute Gasteiger partial charge is 0.481 e. The van der Waals surface area contributed by atoms with Gasteiger partial charge < -0.3 is 15.3 Å². The van der Waals surface area contributed by atoms with Gasteiger partial charge in [0.15, 0.2) is 0 Å². The SMILES string of the molecule is CC(C)N(CCC#N)C(=O)Nc1ccc(CC(=O)O)nc1. The number of amides is 2. The van der Waals surface area contributed by atoms with Crippen molar-refractivity contribution in [2.24, 2.45) is 0 Å². The number of aliphatic carboxylic acids is 1.